The number of benzene rings is 1. The van der Waals surface area contributed by atoms with Gasteiger partial charge in [-0.05, 0) is 17.0 Å². The summed E-state index contributed by atoms with van der Waals surface area (Å²) in [5.41, 5.74) is 4.93. The Balaban J connectivity index is 1.17. The van der Waals surface area contributed by atoms with E-state index < -0.39 is 6.09 Å². The summed E-state index contributed by atoms with van der Waals surface area (Å²) < 4.78 is 16.2. The lowest BCUT2D eigenvalue weighted by atomic mass is 9.84. The number of hydroxylamine groups is 1. The number of carbonyl (C=O) groups excluding carboxylic acids is 3. The van der Waals surface area contributed by atoms with Crippen LogP contribution in [-0.4, -0.2) is 84.2 Å². The van der Waals surface area contributed by atoms with E-state index in [0.29, 0.717) is 38.1 Å². The van der Waals surface area contributed by atoms with Crippen LogP contribution in [0, 0.1) is 5.92 Å². The van der Waals surface area contributed by atoms with Gasteiger partial charge in [0.15, 0.2) is 0 Å². The number of ether oxygens (including phenoxy) is 3. The monoisotopic (exact) mass is 516 g/mol. The van der Waals surface area contributed by atoms with E-state index in [1.807, 2.05) is 12.1 Å². The van der Waals surface area contributed by atoms with E-state index in [1.54, 1.807) is 7.05 Å². The smallest absolute Gasteiger partial charge is 0.407 e. The molecule has 3 atom stereocenters. The highest BCUT2D eigenvalue weighted by molar-refractivity contribution is 5.78. The Morgan fingerprint density at radius 3 is 2.30 bits per heavy atom. The van der Waals surface area contributed by atoms with Crippen molar-refractivity contribution in [3.05, 3.63) is 59.7 Å². The number of alkyl carbamates (subject to hydrolysis) is 1. The lowest BCUT2D eigenvalue weighted by Crippen LogP contribution is -2.38. The molecule has 0 aliphatic heterocycles. The van der Waals surface area contributed by atoms with E-state index in [-0.39, 0.29) is 50.7 Å². The second-order valence-electron chi connectivity index (χ2n) is 8.49. The molecule has 11 nitrogen and oxygen atoms in total. The molecule has 0 radical (unpaired) electrons. The van der Waals surface area contributed by atoms with Gasteiger partial charge < -0.3 is 30.2 Å². The highest BCUT2D eigenvalue weighted by atomic mass is 16.6. The minimum atomic E-state index is -0.474. The number of hydrogen-bond acceptors (Lipinski definition) is 8. The van der Waals surface area contributed by atoms with Gasteiger partial charge in [0.2, 0.25) is 11.8 Å². The first-order chi connectivity index (χ1) is 18.1. The maximum absolute atomic E-state index is 12.2. The molecule has 2 unspecified atom stereocenters. The maximum Gasteiger partial charge on any atom is 0.407 e. The summed E-state index contributed by atoms with van der Waals surface area (Å²) in [6.07, 6.45) is 8.06. The molecule has 0 spiro atoms. The average Bonchev–Trinajstić information content (AvgIpc) is 3.24. The normalized spacial score (nSPS) is 19.1. The largest absolute Gasteiger partial charge is 0.449 e. The Bertz CT molecular complexity index is 953. The summed E-state index contributed by atoms with van der Waals surface area (Å²) in [7, 11) is 1.56. The number of allylic oxidation sites excluding steroid dienone is 4. The van der Waals surface area contributed by atoms with Gasteiger partial charge in [-0.3, -0.25) is 14.4 Å². The zero-order valence-corrected chi connectivity index (χ0v) is 21.1. The molecule has 0 fully saturated rings. The molecule has 3 rings (SSSR count). The molecule has 0 heterocycles. The van der Waals surface area contributed by atoms with Gasteiger partial charge in [0.1, 0.15) is 19.8 Å². The van der Waals surface area contributed by atoms with E-state index in [1.165, 1.54) is 11.1 Å². The van der Waals surface area contributed by atoms with Crippen LogP contribution in [0.25, 0.3) is 0 Å². The van der Waals surface area contributed by atoms with Crippen LogP contribution in [0.2, 0.25) is 0 Å². The van der Waals surface area contributed by atoms with Crippen LogP contribution in [0.5, 0.6) is 0 Å². The Kier molecular flexibility index (Phi) is 12.1. The molecule has 0 bridgehead atoms. The van der Waals surface area contributed by atoms with Crippen molar-refractivity contribution in [2.24, 2.45) is 5.92 Å². The Morgan fingerprint density at radius 1 is 0.811 bits per heavy atom. The SMILES string of the molecule is CNOCC(=O)NCCNC(=O)COCCOCCNC(=O)OCC1c2ccccc2[C@@H]2C=CC=CC12. The van der Waals surface area contributed by atoms with Crippen LogP contribution in [0.4, 0.5) is 4.79 Å². The lowest BCUT2D eigenvalue weighted by Gasteiger charge is -2.22. The quantitative estimate of drug-likeness (QED) is 0.187. The molecular weight excluding hydrogens is 480 g/mol. The van der Waals surface area contributed by atoms with Gasteiger partial charge in [0, 0.05) is 38.5 Å². The van der Waals surface area contributed by atoms with Crippen LogP contribution in [0.1, 0.15) is 23.0 Å². The van der Waals surface area contributed by atoms with Gasteiger partial charge in [0.05, 0.1) is 19.8 Å². The zero-order chi connectivity index (χ0) is 26.3. The van der Waals surface area contributed by atoms with E-state index in [9.17, 15) is 14.4 Å². The van der Waals surface area contributed by atoms with E-state index >= 15 is 0 Å². The molecular formula is C26H36N4O7. The summed E-state index contributed by atoms with van der Waals surface area (Å²) in [6, 6.07) is 8.33. The van der Waals surface area contributed by atoms with Crippen LogP contribution in [-0.2, 0) is 28.6 Å². The van der Waals surface area contributed by atoms with Gasteiger partial charge in [-0.2, -0.15) is 0 Å². The predicted octanol–water partition coefficient (Wildman–Crippen LogP) is 0.752. The fourth-order valence-electron chi connectivity index (χ4n) is 4.35. The first-order valence-electron chi connectivity index (χ1n) is 12.4. The molecule has 4 N–H and O–H groups in total. The standard InChI is InChI=1S/C26H36N4O7/c1-27-37-18-25(32)29-11-10-28-24(31)17-35-15-14-34-13-12-30-26(33)36-16-23-21-8-4-2-6-19(21)20-7-3-5-9-22(20)23/h2-9,19,21,23,27H,10-18H2,1H3,(H,28,31)(H,29,32)(H,30,33)/t19-,21?,23?/m0/s1. The molecule has 1 aromatic carbocycles. The third-order valence-corrected chi connectivity index (χ3v) is 6.03. The van der Waals surface area contributed by atoms with Crippen molar-refractivity contribution in [1.29, 1.82) is 0 Å². The van der Waals surface area contributed by atoms with Crippen molar-refractivity contribution in [3.63, 3.8) is 0 Å². The molecule has 2 aliphatic carbocycles. The number of amides is 3. The number of fused-ring (bicyclic) bond motifs is 3. The Hall–Kier alpha value is -3.25. The molecule has 0 aromatic heterocycles. The van der Waals surface area contributed by atoms with Gasteiger partial charge in [-0.1, -0.05) is 48.6 Å². The number of nitrogens with one attached hydrogen (secondary N) is 4. The molecule has 37 heavy (non-hydrogen) atoms. The van der Waals surface area contributed by atoms with Crippen molar-refractivity contribution < 1.29 is 33.4 Å². The number of carbonyl (C=O) groups is 3. The van der Waals surface area contributed by atoms with E-state index in [4.69, 9.17) is 19.0 Å². The summed E-state index contributed by atoms with van der Waals surface area (Å²) in [6.45, 7) is 1.81. The molecule has 0 saturated carbocycles. The van der Waals surface area contributed by atoms with Crippen molar-refractivity contribution in [1.82, 2.24) is 21.4 Å². The third kappa shape index (κ3) is 9.29. The Labute approximate surface area is 216 Å². The van der Waals surface area contributed by atoms with Crippen LogP contribution < -0.4 is 21.4 Å². The first-order valence-corrected chi connectivity index (χ1v) is 12.4. The van der Waals surface area contributed by atoms with Gasteiger partial charge in [0.25, 0.3) is 0 Å². The second kappa shape index (κ2) is 15.8. The summed E-state index contributed by atoms with van der Waals surface area (Å²) in [5.74, 6) is 0.185. The molecule has 202 valence electrons. The van der Waals surface area contributed by atoms with Gasteiger partial charge in [-0.25, -0.2) is 10.3 Å². The average molecular weight is 517 g/mol. The fourth-order valence-corrected chi connectivity index (χ4v) is 4.35. The van der Waals surface area contributed by atoms with Gasteiger partial charge in [-0.15, -0.1) is 0 Å². The maximum atomic E-state index is 12.2. The van der Waals surface area contributed by atoms with Crippen molar-refractivity contribution in [2.75, 3.05) is 66.3 Å². The summed E-state index contributed by atoms with van der Waals surface area (Å²) in [4.78, 5) is 39.9. The first kappa shape index (κ1) is 28.3. The summed E-state index contributed by atoms with van der Waals surface area (Å²) >= 11 is 0. The molecule has 2 aliphatic rings. The lowest BCUT2D eigenvalue weighted by molar-refractivity contribution is -0.129. The third-order valence-electron chi connectivity index (χ3n) is 6.03. The highest BCUT2D eigenvalue weighted by Crippen LogP contribution is 2.49. The van der Waals surface area contributed by atoms with Crippen molar-refractivity contribution >= 4 is 17.9 Å². The van der Waals surface area contributed by atoms with E-state index in [0.717, 1.165) is 0 Å². The topological polar surface area (TPSA) is 136 Å². The number of hydrogen-bond donors (Lipinski definition) is 4. The minimum absolute atomic E-state index is 0.101. The zero-order valence-electron chi connectivity index (χ0n) is 21.1. The van der Waals surface area contributed by atoms with Crippen molar-refractivity contribution in [3.8, 4) is 0 Å². The van der Waals surface area contributed by atoms with Gasteiger partial charge >= 0.3 is 6.09 Å². The van der Waals surface area contributed by atoms with Crippen LogP contribution in [0.3, 0.4) is 0 Å². The second-order valence-corrected chi connectivity index (χ2v) is 8.49. The van der Waals surface area contributed by atoms with Crippen molar-refractivity contribution in [2.45, 2.75) is 11.8 Å². The molecule has 3 amide bonds. The fraction of sp³-hybridized carbons (Fsp3) is 0.500. The molecule has 0 saturated heterocycles. The number of rotatable bonds is 16. The Morgan fingerprint density at radius 2 is 1.51 bits per heavy atom. The summed E-state index contributed by atoms with van der Waals surface area (Å²) in [5, 5.41) is 7.91. The van der Waals surface area contributed by atoms with E-state index in [2.05, 4.69) is 57.9 Å². The molecule has 1 aromatic rings. The minimum Gasteiger partial charge on any atom is -0.449 e. The highest BCUT2D eigenvalue weighted by Gasteiger charge is 2.39. The van der Waals surface area contributed by atoms with Crippen LogP contribution >= 0.6 is 0 Å². The van der Waals surface area contributed by atoms with Crippen LogP contribution in [0.15, 0.2) is 48.6 Å². The molecule has 11 heteroatoms. The predicted molar refractivity (Wildman–Crippen MR) is 136 cm³/mol.